The predicted molar refractivity (Wildman–Crippen MR) is 84.0 cm³/mol. The average Bonchev–Trinajstić information content (AvgIpc) is 2.85. The third-order valence-corrected chi connectivity index (χ3v) is 4.93. The first-order chi connectivity index (χ1) is 10.1. The number of ether oxygens (including phenoxy) is 1. The lowest BCUT2D eigenvalue weighted by atomic mass is 10.1. The van der Waals surface area contributed by atoms with Crippen LogP contribution in [0, 0.1) is 0 Å². The summed E-state index contributed by atoms with van der Waals surface area (Å²) in [7, 11) is -3.26. The van der Waals surface area contributed by atoms with Gasteiger partial charge in [-0.1, -0.05) is 25.1 Å². The van der Waals surface area contributed by atoms with Gasteiger partial charge in [-0.15, -0.1) is 0 Å². The summed E-state index contributed by atoms with van der Waals surface area (Å²) in [5.41, 5.74) is 0.922. The molecule has 0 saturated carbocycles. The van der Waals surface area contributed by atoms with E-state index < -0.39 is 10.0 Å². The van der Waals surface area contributed by atoms with Gasteiger partial charge in [-0.2, -0.15) is 0 Å². The molecule has 0 aromatic heterocycles. The summed E-state index contributed by atoms with van der Waals surface area (Å²) in [4.78, 5) is 0. The van der Waals surface area contributed by atoms with Crippen molar-refractivity contribution < 1.29 is 13.2 Å². The highest BCUT2D eigenvalue weighted by Gasteiger charge is 2.27. The molecule has 1 aromatic carbocycles. The number of hydrogen-bond acceptors (Lipinski definition) is 4. The maximum atomic E-state index is 12.1. The Morgan fingerprint density at radius 1 is 1.24 bits per heavy atom. The molecule has 0 spiro atoms. The van der Waals surface area contributed by atoms with Crippen LogP contribution in [0.25, 0.3) is 0 Å². The summed E-state index contributed by atoms with van der Waals surface area (Å²) in [6.45, 7) is 4.35. The first kappa shape index (κ1) is 16.3. The van der Waals surface area contributed by atoms with Gasteiger partial charge in [0.25, 0.3) is 0 Å². The molecule has 6 heteroatoms. The second-order valence-corrected chi connectivity index (χ2v) is 7.17. The number of benzene rings is 1. The molecule has 2 N–H and O–H groups in total. The Morgan fingerprint density at radius 3 is 2.86 bits per heavy atom. The maximum absolute atomic E-state index is 12.1. The summed E-state index contributed by atoms with van der Waals surface area (Å²) in [5.74, 6) is 0.938. The smallest absolute Gasteiger partial charge is 0.212 e. The van der Waals surface area contributed by atoms with Crippen molar-refractivity contribution in [3.8, 4) is 5.75 Å². The van der Waals surface area contributed by atoms with Crippen LogP contribution in [0.3, 0.4) is 0 Å². The van der Waals surface area contributed by atoms with Crippen molar-refractivity contribution >= 4 is 10.0 Å². The monoisotopic (exact) mass is 312 g/mol. The van der Waals surface area contributed by atoms with E-state index in [0.717, 1.165) is 37.2 Å². The largest absolute Gasteiger partial charge is 0.491 e. The van der Waals surface area contributed by atoms with Crippen molar-refractivity contribution in [2.75, 3.05) is 25.4 Å². The SMILES string of the molecule is CCCNCCCCS(=O)(=O)NC1COc2ccccc21. The van der Waals surface area contributed by atoms with Gasteiger partial charge in [0.2, 0.25) is 10.0 Å². The van der Waals surface area contributed by atoms with E-state index in [9.17, 15) is 8.42 Å². The maximum Gasteiger partial charge on any atom is 0.212 e. The van der Waals surface area contributed by atoms with Crippen molar-refractivity contribution in [1.82, 2.24) is 10.0 Å². The average molecular weight is 312 g/mol. The topological polar surface area (TPSA) is 67.4 Å². The van der Waals surface area contributed by atoms with Crippen molar-refractivity contribution in [3.63, 3.8) is 0 Å². The lowest BCUT2D eigenvalue weighted by Crippen LogP contribution is -2.31. The van der Waals surface area contributed by atoms with Crippen LogP contribution in [0.2, 0.25) is 0 Å². The second kappa shape index (κ2) is 7.77. The zero-order chi connectivity index (χ0) is 15.1. The van der Waals surface area contributed by atoms with E-state index in [0.29, 0.717) is 13.0 Å². The van der Waals surface area contributed by atoms with E-state index in [2.05, 4.69) is 17.0 Å². The molecule has 0 amide bonds. The lowest BCUT2D eigenvalue weighted by Gasteiger charge is -2.12. The predicted octanol–water partition coefficient (Wildman–Crippen LogP) is 1.82. The van der Waals surface area contributed by atoms with Gasteiger partial charge in [0.15, 0.2) is 0 Å². The zero-order valence-electron chi connectivity index (χ0n) is 12.5. The van der Waals surface area contributed by atoms with E-state index >= 15 is 0 Å². The molecule has 1 unspecified atom stereocenters. The number of rotatable bonds is 9. The molecule has 0 fully saturated rings. The second-order valence-electron chi connectivity index (χ2n) is 5.30. The molecule has 0 aliphatic carbocycles. The minimum Gasteiger partial charge on any atom is -0.491 e. The Hall–Kier alpha value is -1.11. The van der Waals surface area contributed by atoms with Gasteiger partial charge in [-0.25, -0.2) is 13.1 Å². The summed E-state index contributed by atoms with van der Waals surface area (Å²) < 4.78 is 32.4. The van der Waals surface area contributed by atoms with Crippen molar-refractivity contribution in [1.29, 1.82) is 0 Å². The van der Waals surface area contributed by atoms with Crippen LogP contribution in [0.15, 0.2) is 24.3 Å². The molecule has 118 valence electrons. The standard InChI is InChI=1S/C15H24N2O3S/c1-2-9-16-10-5-6-11-21(18,19)17-14-12-20-15-8-4-3-7-13(14)15/h3-4,7-8,14,16-17H,2,5-6,9-12H2,1H3. The molecule has 2 rings (SSSR count). The third-order valence-electron chi connectivity index (χ3n) is 3.47. The Morgan fingerprint density at radius 2 is 2.05 bits per heavy atom. The molecular weight excluding hydrogens is 288 g/mol. The summed E-state index contributed by atoms with van der Waals surface area (Å²) in [6.07, 6.45) is 2.64. The first-order valence-corrected chi connectivity index (χ1v) is 9.20. The third kappa shape index (κ3) is 4.98. The quantitative estimate of drug-likeness (QED) is 0.683. The van der Waals surface area contributed by atoms with Gasteiger partial charge in [0.1, 0.15) is 12.4 Å². The van der Waals surface area contributed by atoms with Crippen LogP contribution in [-0.4, -0.2) is 33.9 Å². The number of nitrogens with one attached hydrogen (secondary N) is 2. The Labute approximate surface area is 127 Å². The molecule has 1 aromatic rings. The molecular formula is C15H24N2O3S. The number of unbranched alkanes of at least 4 members (excludes halogenated alkanes) is 1. The van der Waals surface area contributed by atoms with Crippen LogP contribution in [0.4, 0.5) is 0 Å². The summed E-state index contributed by atoms with van der Waals surface area (Å²) >= 11 is 0. The van der Waals surface area contributed by atoms with E-state index in [1.54, 1.807) is 0 Å². The van der Waals surface area contributed by atoms with Crippen LogP contribution < -0.4 is 14.8 Å². The fraction of sp³-hybridized carbons (Fsp3) is 0.600. The van der Waals surface area contributed by atoms with Crippen LogP contribution in [0.1, 0.15) is 37.8 Å². The first-order valence-electron chi connectivity index (χ1n) is 7.55. The van der Waals surface area contributed by atoms with E-state index in [1.807, 2.05) is 24.3 Å². The van der Waals surface area contributed by atoms with Crippen LogP contribution in [-0.2, 0) is 10.0 Å². The molecule has 0 saturated heterocycles. The van der Waals surface area contributed by atoms with Gasteiger partial charge in [0.05, 0.1) is 11.8 Å². The molecule has 1 atom stereocenters. The van der Waals surface area contributed by atoms with Crippen molar-refractivity contribution in [3.05, 3.63) is 29.8 Å². The van der Waals surface area contributed by atoms with Gasteiger partial charge in [-0.3, -0.25) is 0 Å². The fourth-order valence-electron chi connectivity index (χ4n) is 2.38. The van der Waals surface area contributed by atoms with Crippen LogP contribution >= 0.6 is 0 Å². The highest BCUT2D eigenvalue weighted by Crippen LogP contribution is 2.32. The Kier molecular flexibility index (Phi) is 6.02. The highest BCUT2D eigenvalue weighted by atomic mass is 32.2. The molecule has 0 bridgehead atoms. The van der Waals surface area contributed by atoms with E-state index in [-0.39, 0.29) is 11.8 Å². The van der Waals surface area contributed by atoms with E-state index in [4.69, 9.17) is 4.74 Å². The van der Waals surface area contributed by atoms with Crippen LogP contribution in [0.5, 0.6) is 5.75 Å². The highest BCUT2D eigenvalue weighted by molar-refractivity contribution is 7.89. The summed E-state index contributed by atoms with van der Waals surface area (Å²) in [5, 5.41) is 3.27. The zero-order valence-corrected chi connectivity index (χ0v) is 13.3. The van der Waals surface area contributed by atoms with Gasteiger partial charge in [-0.05, 0) is 38.4 Å². The summed E-state index contributed by atoms with van der Waals surface area (Å²) in [6, 6.07) is 7.30. The van der Waals surface area contributed by atoms with Gasteiger partial charge < -0.3 is 10.1 Å². The lowest BCUT2D eigenvalue weighted by molar-refractivity contribution is 0.325. The molecule has 1 aliphatic rings. The normalized spacial score (nSPS) is 17.5. The molecule has 21 heavy (non-hydrogen) atoms. The molecule has 5 nitrogen and oxygen atoms in total. The van der Waals surface area contributed by atoms with Gasteiger partial charge >= 0.3 is 0 Å². The number of para-hydroxylation sites is 1. The van der Waals surface area contributed by atoms with Crippen molar-refractivity contribution in [2.24, 2.45) is 0 Å². The van der Waals surface area contributed by atoms with Gasteiger partial charge in [0, 0.05) is 5.56 Å². The van der Waals surface area contributed by atoms with E-state index in [1.165, 1.54) is 0 Å². The number of sulfonamides is 1. The molecule has 1 heterocycles. The fourth-order valence-corrected chi connectivity index (χ4v) is 3.71. The minimum atomic E-state index is -3.26. The minimum absolute atomic E-state index is 0.166. The Bertz CT molecular complexity index is 546. The van der Waals surface area contributed by atoms with Crippen molar-refractivity contribution in [2.45, 2.75) is 32.2 Å². The number of hydrogen-bond donors (Lipinski definition) is 2. The Balaban J connectivity index is 1.77. The number of fused-ring (bicyclic) bond motifs is 1. The molecule has 1 aliphatic heterocycles. The molecule has 0 radical (unpaired) electrons.